The molecule has 0 heterocycles. The second-order valence-corrected chi connectivity index (χ2v) is 5.15. The van der Waals surface area contributed by atoms with Gasteiger partial charge in [0.25, 0.3) is 0 Å². The highest BCUT2D eigenvalue weighted by Crippen LogP contribution is 1.80. The van der Waals surface area contributed by atoms with Gasteiger partial charge >= 0.3 is 0 Å². The second kappa shape index (κ2) is 8.31. The lowest BCUT2D eigenvalue weighted by molar-refractivity contribution is 0.584. The summed E-state index contributed by atoms with van der Waals surface area (Å²) in [4.78, 5) is 4.14. The zero-order chi connectivity index (χ0) is 12.4. The molecular weight excluding hydrogens is 230 g/mol. The van der Waals surface area contributed by atoms with Crippen molar-refractivity contribution in [3.63, 3.8) is 0 Å². The Hall–Kier alpha value is -0.860. The van der Waals surface area contributed by atoms with Gasteiger partial charge in [0, 0.05) is 19.6 Å². The zero-order valence-electron chi connectivity index (χ0n) is 9.78. The summed E-state index contributed by atoms with van der Waals surface area (Å²) in [6.07, 6.45) is 2.75. The van der Waals surface area contributed by atoms with Crippen molar-refractivity contribution in [2.75, 3.05) is 25.9 Å². The Bertz CT molecular complexity index is 302. The minimum absolute atomic E-state index is 0.400. The third kappa shape index (κ3) is 9.69. The first-order chi connectivity index (χ1) is 7.49. The molecule has 8 heteroatoms. The van der Waals surface area contributed by atoms with Gasteiger partial charge in [-0.25, -0.2) is 19.0 Å². The predicted molar refractivity (Wildman–Crippen MR) is 65.4 cm³/mol. The van der Waals surface area contributed by atoms with Gasteiger partial charge < -0.3 is 5.32 Å². The molecule has 0 saturated heterocycles. The van der Waals surface area contributed by atoms with E-state index in [9.17, 15) is 8.42 Å². The molecule has 16 heavy (non-hydrogen) atoms. The van der Waals surface area contributed by atoms with Gasteiger partial charge in [0.2, 0.25) is 16.0 Å². The molecular formula is C8H21N5O2S. The molecule has 0 atom stereocenters. The van der Waals surface area contributed by atoms with E-state index in [2.05, 4.69) is 20.5 Å². The van der Waals surface area contributed by atoms with Crippen molar-refractivity contribution in [1.82, 2.24) is 15.5 Å². The summed E-state index contributed by atoms with van der Waals surface area (Å²) in [5.41, 5.74) is 2.44. The third-order valence-electron chi connectivity index (χ3n) is 1.64. The normalized spacial score (nSPS) is 12.6. The number of hydrogen-bond donors (Lipinski definition) is 4. The fourth-order valence-electron chi connectivity index (χ4n) is 0.929. The molecule has 0 aromatic heterocycles. The largest absolute Gasteiger partial charge is 0.355 e. The van der Waals surface area contributed by atoms with Crippen molar-refractivity contribution in [2.24, 2.45) is 10.8 Å². The topological polar surface area (TPSA) is 109 Å². The number of nitrogens with one attached hydrogen (secondary N) is 3. The Morgan fingerprint density at radius 1 is 1.38 bits per heavy atom. The Morgan fingerprint density at radius 2 is 2.06 bits per heavy atom. The van der Waals surface area contributed by atoms with Crippen LogP contribution in [0.25, 0.3) is 0 Å². The van der Waals surface area contributed by atoms with Crippen LogP contribution < -0.4 is 21.3 Å². The maximum Gasteiger partial charge on any atom is 0.208 e. The van der Waals surface area contributed by atoms with Crippen molar-refractivity contribution in [3.05, 3.63) is 0 Å². The third-order valence-corrected chi connectivity index (χ3v) is 2.37. The van der Waals surface area contributed by atoms with Gasteiger partial charge in [0.1, 0.15) is 0 Å². The van der Waals surface area contributed by atoms with Crippen molar-refractivity contribution >= 4 is 16.0 Å². The Labute approximate surface area is 96.9 Å². The molecule has 0 radical (unpaired) electrons. The highest BCUT2D eigenvalue weighted by Gasteiger charge is 1.99. The molecule has 0 aromatic carbocycles. The number of nitrogens with two attached hydrogens (primary N) is 1. The minimum atomic E-state index is -3.09. The van der Waals surface area contributed by atoms with Gasteiger partial charge in [-0.3, -0.25) is 10.4 Å². The van der Waals surface area contributed by atoms with E-state index in [0.29, 0.717) is 32.0 Å². The summed E-state index contributed by atoms with van der Waals surface area (Å²) in [5, 5.41) is 2.97. The van der Waals surface area contributed by atoms with E-state index in [-0.39, 0.29) is 0 Å². The summed E-state index contributed by atoms with van der Waals surface area (Å²) in [6, 6.07) is 0. The number of hydrazine groups is 1. The van der Waals surface area contributed by atoms with Crippen LogP contribution in [0.4, 0.5) is 0 Å². The van der Waals surface area contributed by atoms with E-state index in [0.717, 1.165) is 12.7 Å². The maximum atomic E-state index is 10.7. The van der Waals surface area contributed by atoms with E-state index >= 15 is 0 Å². The summed E-state index contributed by atoms with van der Waals surface area (Å²) >= 11 is 0. The monoisotopic (exact) mass is 251 g/mol. The molecule has 0 aliphatic heterocycles. The molecule has 0 aliphatic carbocycles. The highest BCUT2D eigenvalue weighted by atomic mass is 32.2. The van der Waals surface area contributed by atoms with Crippen LogP contribution in [0.3, 0.4) is 0 Å². The summed E-state index contributed by atoms with van der Waals surface area (Å²) in [5.74, 6) is 5.77. The Morgan fingerprint density at radius 3 is 2.56 bits per heavy atom. The lowest BCUT2D eigenvalue weighted by Gasteiger charge is -2.08. The maximum absolute atomic E-state index is 10.7. The van der Waals surface area contributed by atoms with Crippen LogP contribution in [0.5, 0.6) is 0 Å². The minimum Gasteiger partial charge on any atom is -0.355 e. The van der Waals surface area contributed by atoms with E-state index in [1.807, 2.05) is 6.92 Å². The number of sulfonamides is 1. The first kappa shape index (κ1) is 15.1. The molecule has 0 rings (SSSR count). The van der Waals surface area contributed by atoms with Gasteiger partial charge in [0.15, 0.2) is 0 Å². The van der Waals surface area contributed by atoms with Crippen LogP contribution in [0, 0.1) is 0 Å². The average Bonchev–Trinajstić information content (AvgIpc) is 2.20. The van der Waals surface area contributed by atoms with E-state index in [1.165, 1.54) is 0 Å². The number of nitrogens with zero attached hydrogens (tertiary/aromatic N) is 1. The van der Waals surface area contributed by atoms with E-state index in [1.54, 1.807) is 0 Å². The van der Waals surface area contributed by atoms with Crippen molar-refractivity contribution < 1.29 is 8.42 Å². The SMILES string of the molecule is CCCN=C(NN)NCCCNS(C)(=O)=O. The van der Waals surface area contributed by atoms with Gasteiger partial charge in [0.05, 0.1) is 6.26 Å². The summed E-state index contributed by atoms with van der Waals surface area (Å²) in [6.45, 7) is 3.73. The molecule has 0 bridgehead atoms. The molecule has 0 aliphatic rings. The first-order valence-electron chi connectivity index (χ1n) is 5.19. The molecule has 0 saturated carbocycles. The van der Waals surface area contributed by atoms with Crippen LogP contribution in [0.15, 0.2) is 4.99 Å². The molecule has 0 spiro atoms. The standard InChI is InChI=1S/C8H21N5O2S/c1-3-5-10-8(13-9)11-6-4-7-12-16(2,14)15/h12H,3-7,9H2,1-2H3,(H2,10,11,13). The summed E-state index contributed by atoms with van der Waals surface area (Å²) in [7, 11) is -3.09. The fourth-order valence-corrected chi connectivity index (χ4v) is 1.44. The molecule has 0 unspecified atom stereocenters. The van der Waals surface area contributed by atoms with Crippen LogP contribution >= 0.6 is 0 Å². The lowest BCUT2D eigenvalue weighted by atomic mass is 10.4. The quantitative estimate of drug-likeness (QED) is 0.149. The number of rotatable bonds is 7. The first-order valence-corrected chi connectivity index (χ1v) is 7.08. The number of guanidine groups is 1. The van der Waals surface area contributed by atoms with Crippen LogP contribution in [0.1, 0.15) is 19.8 Å². The van der Waals surface area contributed by atoms with Crippen molar-refractivity contribution in [3.8, 4) is 0 Å². The Kier molecular flexibility index (Phi) is 7.86. The van der Waals surface area contributed by atoms with Crippen LogP contribution in [-0.2, 0) is 10.0 Å². The highest BCUT2D eigenvalue weighted by molar-refractivity contribution is 7.88. The Balaban J connectivity index is 3.64. The molecule has 0 amide bonds. The molecule has 0 aromatic rings. The van der Waals surface area contributed by atoms with Gasteiger partial charge in [-0.2, -0.15) is 0 Å². The van der Waals surface area contributed by atoms with Gasteiger partial charge in [-0.05, 0) is 12.8 Å². The molecule has 7 nitrogen and oxygen atoms in total. The molecule has 96 valence electrons. The van der Waals surface area contributed by atoms with E-state index < -0.39 is 10.0 Å². The fraction of sp³-hybridized carbons (Fsp3) is 0.875. The second-order valence-electron chi connectivity index (χ2n) is 3.32. The average molecular weight is 251 g/mol. The van der Waals surface area contributed by atoms with Gasteiger partial charge in [-0.15, -0.1) is 0 Å². The molecule has 0 fully saturated rings. The zero-order valence-corrected chi connectivity index (χ0v) is 10.6. The van der Waals surface area contributed by atoms with Crippen molar-refractivity contribution in [1.29, 1.82) is 0 Å². The predicted octanol–water partition coefficient (Wildman–Crippen LogP) is -1.26. The van der Waals surface area contributed by atoms with Crippen LogP contribution in [0.2, 0.25) is 0 Å². The van der Waals surface area contributed by atoms with Crippen LogP contribution in [-0.4, -0.2) is 40.3 Å². The molecule has 5 N–H and O–H groups in total. The van der Waals surface area contributed by atoms with Crippen molar-refractivity contribution in [2.45, 2.75) is 19.8 Å². The number of aliphatic imine (C=N–C) groups is 1. The summed E-state index contributed by atoms with van der Waals surface area (Å²) < 4.78 is 23.9. The van der Waals surface area contributed by atoms with Gasteiger partial charge in [-0.1, -0.05) is 6.92 Å². The lowest BCUT2D eigenvalue weighted by Crippen LogP contribution is -2.42. The van der Waals surface area contributed by atoms with E-state index in [4.69, 9.17) is 5.84 Å². The number of hydrogen-bond acceptors (Lipinski definition) is 4. The smallest absolute Gasteiger partial charge is 0.208 e.